The minimum atomic E-state index is 0.125. The lowest BCUT2D eigenvalue weighted by Gasteiger charge is -2.44. The van der Waals surface area contributed by atoms with Crippen LogP contribution < -0.4 is 4.90 Å². The van der Waals surface area contributed by atoms with E-state index < -0.39 is 0 Å². The van der Waals surface area contributed by atoms with Crippen LogP contribution >= 0.6 is 11.6 Å². The number of hydrogen-bond donors (Lipinski definition) is 0. The fourth-order valence-corrected chi connectivity index (χ4v) is 4.67. The van der Waals surface area contributed by atoms with Crippen LogP contribution in [0.15, 0.2) is 91.1 Å². The van der Waals surface area contributed by atoms with Crippen molar-refractivity contribution in [2.24, 2.45) is 0 Å². The number of rotatable bonds is 1. The standard InChI is InChI=1S/C25H17ClN2/c26-19-12-13-21-24(16-19)27-14-6-11-22(27)25-20-10-5-4-9-18(20)15-23(28(21)25)17-7-2-1-3-8-17/h1-16,25H. The van der Waals surface area contributed by atoms with E-state index in [4.69, 9.17) is 11.6 Å². The first-order valence-corrected chi connectivity index (χ1v) is 9.81. The molecule has 0 spiro atoms. The second-order valence-corrected chi connectivity index (χ2v) is 7.67. The van der Waals surface area contributed by atoms with Crippen LogP contribution in [0.3, 0.4) is 0 Å². The van der Waals surface area contributed by atoms with Gasteiger partial charge in [0.05, 0.1) is 22.8 Å². The molecule has 0 bridgehead atoms. The highest BCUT2D eigenvalue weighted by molar-refractivity contribution is 6.31. The van der Waals surface area contributed by atoms with Gasteiger partial charge >= 0.3 is 0 Å². The Morgan fingerprint density at radius 3 is 2.46 bits per heavy atom. The molecule has 0 radical (unpaired) electrons. The highest BCUT2D eigenvalue weighted by Gasteiger charge is 2.37. The van der Waals surface area contributed by atoms with E-state index in [2.05, 4.69) is 101 Å². The van der Waals surface area contributed by atoms with Gasteiger partial charge in [0.1, 0.15) is 6.04 Å². The third-order valence-corrected chi connectivity index (χ3v) is 5.92. The van der Waals surface area contributed by atoms with E-state index in [0.717, 1.165) is 10.7 Å². The van der Waals surface area contributed by atoms with Gasteiger partial charge in [0.25, 0.3) is 0 Å². The smallest absolute Gasteiger partial charge is 0.100 e. The van der Waals surface area contributed by atoms with Gasteiger partial charge in [0, 0.05) is 11.2 Å². The van der Waals surface area contributed by atoms with E-state index in [1.807, 2.05) is 6.07 Å². The first kappa shape index (κ1) is 15.8. The van der Waals surface area contributed by atoms with Gasteiger partial charge in [-0.25, -0.2) is 0 Å². The third-order valence-electron chi connectivity index (χ3n) is 5.69. The fourth-order valence-electron chi connectivity index (χ4n) is 4.51. The minimum Gasteiger partial charge on any atom is -0.326 e. The maximum Gasteiger partial charge on any atom is 0.100 e. The van der Waals surface area contributed by atoms with Crippen molar-refractivity contribution in [3.63, 3.8) is 0 Å². The van der Waals surface area contributed by atoms with Crippen molar-refractivity contribution in [2.75, 3.05) is 4.90 Å². The topological polar surface area (TPSA) is 8.17 Å². The van der Waals surface area contributed by atoms with Crippen LogP contribution in [0.1, 0.15) is 28.4 Å². The molecule has 2 aliphatic heterocycles. The molecule has 134 valence electrons. The number of aromatic nitrogens is 1. The monoisotopic (exact) mass is 380 g/mol. The molecule has 2 nitrogen and oxygen atoms in total. The van der Waals surface area contributed by atoms with Gasteiger partial charge in [-0.05, 0) is 53.1 Å². The molecule has 3 heteroatoms. The van der Waals surface area contributed by atoms with Crippen LogP contribution in [-0.4, -0.2) is 4.57 Å². The van der Waals surface area contributed by atoms with Crippen molar-refractivity contribution in [2.45, 2.75) is 6.04 Å². The molecule has 3 heterocycles. The molecule has 3 aromatic carbocycles. The molecule has 1 atom stereocenters. The van der Waals surface area contributed by atoms with Gasteiger partial charge < -0.3 is 9.47 Å². The summed E-state index contributed by atoms with van der Waals surface area (Å²) in [5.74, 6) is 0. The lowest BCUT2D eigenvalue weighted by molar-refractivity contribution is 0.728. The van der Waals surface area contributed by atoms with Gasteiger partial charge in [-0.3, -0.25) is 0 Å². The summed E-state index contributed by atoms with van der Waals surface area (Å²) in [6.07, 6.45) is 4.43. The van der Waals surface area contributed by atoms with Crippen molar-refractivity contribution in [1.82, 2.24) is 4.57 Å². The van der Waals surface area contributed by atoms with Crippen molar-refractivity contribution >= 4 is 29.1 Å². The Balaban J connectivity index is 1.70. The summed E-state index contributed by atoms with van der Waals surface area (Å²) in [5, 5.41) is 0.750. The summed E-state index contributed by atoms with van der Waals surface area (Å²) in [7, 11) is 0. The zero-order chi connectivity index (χ0) is 18.7. The summed E-state index contributed by atoms with van der Waals surface area (Å²) in [5.41, 5.74) is 8.55. The molecule has 0 aliphatic carbocycles. The van der Waals surface area contributed by atoms with E-state index in [9.17, 15) is 0 Å². The number of fused-ring (bicyclic) bond motifs is 8. The maximum absolute atomic E-state index is 6.37. The van der Waals surface area contributed by atoms with Gasteiger partial charge in [-0.15, -0.1) is 0 Å². The lowest BCUT2D eigenvalue weighted by Crippen LogP contribution is -2.36. The number of halogens is 1. The molecule has 28 heavy (non-hydrogen) atoms. The zero-order valence-electron chi connectivity index (χ0n) is 15.1. The summed E-state index contributed by atoms with van der Waals surface area (Å²) < 4.78 is 2.27. The van der Waals surface area contributed by atoms with Crippen molar-refractivity contribution in [3.8, 4) is 5.69 Å². The molecular weight excluding hydrogens is 364 g/mol. The number of hydrogen-bond acceptors (Lipinski definition) is 1. The number of anilines is 1. The lowest BCUT2D eigenvalue weighted by atomic mass is 9.88. The predicted molar refractivity (Wildman–Crippen MR) is 116 cm³/mol. The van der Waals surface area contributed by atoms with E-state index in [1.165, 1.54) is 33.8 Å². The van der Waals surface area contributed by atoms with Crippen molar-refractivity contribution < 1.29 is 0 Å². The Bertz CT molecular complexity index is 1240. The third kappa shape index (κ3) is 2.15. The Labute approximate surface area is 168 Å². The van der Waals surface area contributed by atoms with E-state index in [0.29, 0.717) is 0 Å². The van der Waals surface area contributed by atoms with Crippen LogP contribution in [0, 0.1) is 0 Å². The van der Waals surface area contributed by atoms with Gasteiger partial charge in [0.2, 0.25) is 0 Å². The van der Waals surface area contributed by atoms with Gasteiger partial charge in [-0.1, -0.05) is 66.2 Å². The van der Waals surface area contributed by atoms with Crippen LogP contribution in [0.5, 0.6) is 0 Å². The Hall–Kier alpha value is -3.23. The number of benzene rings is 3. The molecule has 0 saturated heterocycles. The molecule has 6 rings (SSSR count). The fraction of sp³-hybridized carbons (Fsp3) is 0.0400. The zero-order valence-corrected chi connectivity index (χ0v) is 15.8. The SMILES string of the molecule is Clc1ccc2c(c1)-n1cccc1C1c3ccccc3C=C(c3ccccc3)N21. The molecule has 0 fully saturated rings. The highest BCUT2D eigenvalue weighted by Crippen LogP contribution is 2.50. The highest BCUT2D eigenvalue weighted by atomic mass is 35.5. The summed E-state index contributed by atoms with van der Waals surface area (Å²) in [4.78, 5) is 2.46. The Morgan fingerprint density at radius 1 is 0.750 bits per heavy atom. The normalized spacial score (nSPS) is 16.5. The minimum absolute atomic E-state index is 0.125. The average Bonchev–Trinajstić information content (AvgIpc) is 3.23. The van der Waals surface area contributed by atoms with Crippen LogP contribution in [-0.2, 0) is 0 Å². The Morgan fingerprint density at radius 2 is 1.57 bits per heavy atom. The molecule has 0 N–H and O–H groups in total. The molecule has 0 saturated carbocycles. The van der Waals surface area contributed by atoms with Gasteiger partial charge in [-0.2, -0.15) is 0 Å². The van der Waals surface area contributed by atoms with Crippen LogP contribution in [0.4, 0.5) is 5.69 Å². The quantitative estimate of drug-likeness (QED) is 0.363. The molecular formula is C25H17ClN2. The summed E-state index contributed by atoms with van der Waals surface area (Å²) in [6.45, 7) is 0. The average molecular weight is 381 g/mol. The molecule has 0 amide bonds. The molecule has 1 unspecified atom stereocenters. The summed E-state index contributed by atoms with van der Waals surface area (Å²) in [6, 6.07) is 29.9. The largest absolute Gasteiger partial charge is 0.326 e. The Kier molecular flexibility index (Phi) is 3.32. The molecule has 4 aromatic rings. The van der Waals surface area contributed by atoms with E-state index in [-0.39, 0.29) is 6.04 Å². The van der Waals surface area contributed by atoms with Crippen LogP contribution in [0.25, 0.3) is 17.5 Å². The second-order valence-electron chi connectivity index (χ2n) is 7.23. The molecule has 1 aromatic heterocycles. The summed E-state index contributed by atoms with van der Waals surface area (Å²) >= 11 is 6.37. The van der Waals surface area contributed by atoms with E-state index >= 15 is 0 Å². The van der Waals surface area contributed by atoms with E-state index in [1.54, 1.807) is 0 Å². The van der Waals surface area contributed by atoms with Crippen molar-refractivity contribution in [1.29, 1.82) is 0 Å². The maximum atomic E-state index is 6.37. The molecule has 2 aliphatic rings. The second kappa shape index (κ2) is 5.88. The van der Waals surface area contributed by atoms with Crippen LogP contribution in [0.2, 0.25) is 5.02 Å². The van der Waals surface area contributed by atoms with Gasteiger partial charge in [0.15, 0.2) is 0 Å². The first-order valence-electron chi connectivity index (χ1n) is 9.44. The van der Waals surface area contributed by atoms with Crippen molar-refractivity contribution in [3.05, 3.63) is 119 Å². The first-order chi connectivity index (χ1) is 13.8. The predicted octanol–water partition coefficient (Wildman–Crippen LogP) is 6.55. The number of nitrogens with zero attached hydrogens (tertiary/aromatic N) is 2.